The highest BCUT2D eigenvalue weighted by Crippen LogP contribution is 2.22. The molecule has 1 aromatic carbocycles. The number of rotatable bonds is 7. The molecule has 0 aromatic heterocycles. The van der Waals surface area contributed by atoms with E-state index in [-0.39, 0.29) is 11.8 Å². The van der Waals surface area contributed by atoms with Gasteiger partial charge in [0, 0.05) is 19.0 Å². The van der Waals surface area contributed by atoms with Crippen molar-refractivity contribution in [1.82, 2.24) is 4.31 Å². The Labute approximate surface area is 134 Å². The van der Waals surface area contributed by atoms with Gasteiger partial charge >= 0.3 is 0 Å². The summed E-state index contributed by atoms with van der Waals surface area (Å²) in [7, 11) is -3.47. The lowest BCUT2D eigenvalue weighted by molar-refractivity contribution is 0.333. The Kier molecular flexibility index (Phi) is 6.70. The number of sulfonamides is 1. The fourth-order valence-corrected chi connectivity index (χ4v) is 4.29. The van der Waals surface area contributed by atoms with Gasteiger partial charge in [0.05, 0.1) is 4.90 Å². The molecule has 0 aliphatic rings. The van der Waals surface area contributed by atoms with Crippen LogP contribution in [0.2, 0.25) is 0 Å². The van der Waals surface area contributed by atoms with Crippen molar-refractivity contribution in [3.63, 3.8) is 0 Å². The molecule has 0 radical (unpaired) electrons. The minimum absolute atomic E-state index is 0.288. The van der Waals surface area contributed by atoms with E-state index in [0.717, 1.165) is 11.1 Å². The largest absolute Gasteiger partial charge is 0.243 e. The fraction of sp³-hybridized carbons (Fsp3) is 0.625. The van der Waals surface area contributed by atoms with Crippen LogP contribution in [-0.4, -0.2) is 25.8 Å². The van der Waals surface area contributed by atoms with Crippen molar-refractivity contribution in [2.45, 2.75) is 45.4 Å². The van der Waals surface area contributed by atoms with E-state index >= 15 is 0 Å². The molecule has 3 nitrogen and oxygen atoms in total. The van der Waals surface area contributed by atoms with Crippen LogP contribution in [-0.2, 0) is 15.9 Å². The van der Waals surface area contributed by atoms with Crippen molar-refractivity contribution in [1.29, 1.82) is 0 Å². The van der Waals surface area contributed by atoms with Crippen LogP contribution in [0, 0.1) is 18.8 Å². The van der Waals surface area contributed by atoms with E-state index < -0.39 is 10.0 Å². The molecular weight excluding hydrogens is 306 g/mol. The van der Waals surface area contributed by atoms with Gasteiger partial charge in [-0.15, -0.1) is 11.6 Å². The first-order valence-corrected chi connectivity index (χ1v) is 9.31. The molecule has 0 atom stereocenters. The first-order chi connectivity index (χ1) is 9.68. The molecule has 1 aromatic rings. The molecule has 0 saturated heterocycles. The third kappa shape index (κ3) is 4.97. The van der Waals surface area contributed by atoms with E-state index in [0.29, 0.717) is 23.9 Å². The molecule has 0 aliphatic heterocycles. The average Bonchev–Trinajstić information content (AvgIpc) is 2.37. The van der Waals surface area contributed by atoms with Gasteiger partial charge in [-0.2, -0.15) is 4.31 Å². The smallest absolute Gasteiger partial charge is 0.207 e. The normalized spacial score (nSPS) is 12.6. The van der Waals surface area contributed by atoms with Crippen molar-refractivity contribution in [2.24, 2.45) is 11.8 Å². The first-order valence-electron chi connectivity index (χ1n) is 7.34. The van der Waals surface area contributed by atoms with Gasteiger partial charge < -0.3 is 0 Å². The van der Waals surface area contributed by atoms with Crippen molar-refractivity contribution in [3.8, 4) is 0 Å². The molecule has 0 bridgehead atoms. The highest BCUT2D eigenvalue weighted by Gasteiger charge is 2.26. The van der Waals surface area contributed by atoms with Crippen LogP contribution < -0.4 is 0 Å². The molecule has 0 aliphatic carbocycles. The number of aryl methyl sites for hydroxylation is 1. The van der Waals surface area contributed by atoms with Crippen molar-refractivity contribution in [2.75, 3.05) is 13.1 Å². The first kappa shape index (κ1) is 18.5. The fourth-order valence-electron chi connectivity index (χ4n) is 2.19. The average molecular weight is 332 g/mol. The van der Waals surface area contributed by atoms with Crippen LogP contribution in [0.5, 0.6) is 0 Å². The Morgan fingerprint density at radius 2 is 1.62 bits per heavy atom. The highest BCUT2D eigenvalue weighted by atomic mass is 35.5. The summed E-state index contributed by atoms with van der Waals surface area (Å²) in [4.78, 5) is 0.338. The molecule has 0 unspecified atom stereocenters. The van der Waals surface area contributed by atoms with E-state index in [1.54, 1.807) is 16.4 Å². The number of alkyl halides is 1. The number of hydrogen-bond donors (Lipinski definition) is 0. The van der Waals surface area contributed by atoms with Crippen LogP contribution in [0.25, 0.3) is 0 Å². The lowest BCUT2D eigenvalue weighted by Crippen LogP contribution is -2.37. The molecule has 0 heterocycles. The van der Waals surface area contributed by atoms with Gasteiger partial charge in [-0.25, -0.2) is 8.42 Å². The second-order valence-corrected chi connectivity index (χ2v) is 8.54. The standard InChI is InChI=1S/C16H26ClNO2S/c1-12(2)10-18(11-13(3)4)21(19,20)16-7-6-14(5)15(8-16)9-17/h6-8,12-13H,9-11H2,1-5H3. The van der Waals surface area contributed by atoms with Crippen molar-refractivity contribution < 1.29 is 8.42 Å². The van der Waals surface area contributed by atoms with Crippen LogP contribution in [0.1, 0.15) is 38.8 Å². The van der Waals surface area contributed by atoms with Gasteiger partial charge in [-0.05, 0) is 42.0 Å². The van der Waals surface area contributed by atoms with Gasteiger partial charge in [0.2, 0.25) is 10.0 Å². The summed E-state index contributed by atoms with van der Waals surface area (Å²) in [6.07, 6.45) is 0. The molecule has 0 amide bonds. The zero-order chi connectivity index (χ0) is 16.2. The predicted octanol–water partition coefficient (Wildman–Crippen LogP) is 4.04. The summed E-state index contributed by atoms with van der Waals surface area (Å²) in [5.74, 6) is 0.900. The minimum atomic E-state index is -3.47. The van der Waals surface area contributed by atoms with Crippen LogP contribution >= 0.6 is 11.6 Å². The third-order valence-corrected chi connectivity index (χ3v) is 5.36. The summed E-state index contributed by atoms with van der Waals surface area (Å²) in [6.45, 7) is 11.1. The lowest BCUT2D eigenvalue weighted by Gasteiger charge is -2.26. The molecule has 0 N–H and O–H groups in total. The Hall–Kier alpha value is -0.580. The summed E-state index contributed by atoms with van der Waals surface area (Å²) in [5, 5.41) is 0. The molecule has 120 valence electrons. The molecule has 21 heavy (non-hydrogen) atoms. The summed E-state index contributed by atoms with van der Waals surface area (Å²) >= 11 is 5.89. The maximum absolute atomic E-state index is 12.9. The van der Waals surface area contributed by atoms with E-state index in [4.69, 9.17) is 11.6 Å². The summed E-state index contributed by atoms with van der Waals surface area (Å²) < 4.78 is 27.3. The van der Waals surface area contributed by atoms with Crippen LogP contribution in [0.15, 0.2) is 23.1 Å². The van der Waals surface area contributed by atoms with E-state index in [1.807, 2.05) is 40.7 Å². The monoisotopic (exact) mass is 331 g/mol. The van der Waals surface area contributed by atoms with E-state index in [2.05, 4.69) is 0 Å². The molecule has 0 spiro atoms. The maximum atomic E-state index is 12.9. The molecular formula is C16H26ClNO2S. The SMILES string of the molecule is Cc1ccc(S(=O)(=O)N(CC(C)C)CC(C)C)cc1CCl. The van der Waals surface area contributed by atoms with Gasteiger partial charge in [0.15, 0.2) is 0 Å². The lowest BCUT2D eigenvalue weighted by atomic mass is 10.1. The van der Waals surface area contributed by atoms with E-state index in [1.165, 1.54) is 0 Å². The second-order valence-electron chi connectivity index (χ2n) is 6.33. The van der Waals surface area contributed by atoms with E-state index in [9.17, 15) is 8.42 Å². The maximum Gasteiger partial charge on any atom is 0.243 e. The van der Waals surface area contributed by atoms with Crippen LogP contribution in [0.3, 0.4) is 0 Å². The Morgan fingerprint density at radius 3 is 2.05 bits per heavy atom. The predicted molar refractivity (Wildman–Crippen MR) is 89.2 cm³/mol. The summed E-state index contributed by atoms with van der Waals surface area (Å²) in [6, 6.07) is 5.20. The Balaban J connectivity index is 3.21. The topological polar surface area (TPSA) is 37.4 Å². The van der Waals surface area contributed by atoms with Crippen LogP contribution in [0.4, 0.5) is 0 Å². The number of benzene rings is 1. The second kappa shape index (κ2) is 7.61. The minimum Gasteiger partial charge on any atom is -0.207 e. The van der Waals surface area contributed by atoms with Gasteiger partial charge in [0.1, 0.15) is 0 Å². The number of halogens is 1. The number of hydrogen-bond acceptors (Lipinski definition) is 2. The molecule has 5 heteroatoms. The van der Waals surface area contributed by atoms with Gasteiger partial charge in [0.25, 0.3) is 0 Å². The molecule has 1 rings (SSSR count). The highest BCUT2D eigenvalue weighted by molar-refractivity contribution is 7.89. The zero-order valence-electron chi connectivity index (χ0n) is 13.6. The van der Waals surface area contributed by atoms with Gasteiger partial charge in [-0.3, -0.25) is 0 Å². The van der Waals surface area contributed by atoms with Gasteiger partial charge in [-0.1, -0.05) is 33.8 Å². The zero-order valence-corrected chi connectivity index (χ0v) is 15.1. The molecule has 0 saturated carbocycles. The molecule has 0 fully saturated rings. The van der Waals surface area contributed by atoms with Crippen molar-refractivity contribution in [3.05, 3.63) is 29.3 Å². The Bertz CT molecular complexity index is 558. The summed E-state index contributed by atoms with van der Waals surface area (Å²) in [5.41, 5.74) is 1.88. The van der Waals surface area contributed by atoms with Crippen molar-refractivity contribution >= 4 is 21.6 Å². The number of nitrogens with zero attached hydrogens (tertiary/aromatic N) is 1. The third-order valence-electron chi connectivity index (χ3n) is 3.24. The Morgan fingerprint density at radius 1 is 1.10 bits per heavy atom. The quantitative estimate of drug-likeness (QED) is 0.707.